The maximum Gasteiger partial charge on any atom is 0.174 e. The monoisotopic (exact) mass is 421 g/mol. The highest BCUT2D eigenvalue weighted by Crippen LogP contribution is 2.26. The van der Waals surface area contributed by atoms with Gasteiger partial charge < -0.3 is 19.9 Å². The van der Waals surface area contributed by atoms with Crippen molar-refractivity contribution >= 4 is 10.9 Å². The number of nitrogens with one attached hydrogen (secondary N) is 1. The van der Waals surface area contributed by atoms with Gasteiger partial charge in [-0.2, -0.15) is 0 Å². The molecular weight excluding hydrogens is 394 g/mol. The van der Waals surface area contributed by atoms with Gasteiger partial charge in [0, 0.05) is 30.9 Å². The van der Waals surface area contributed by atoms with Crippen LogP contribution in [0.5, 0.6) is 5.75 Å². The molecule has 1 aromatic carbocycles. The molecular formula is C21H27N9O. The first-order valence-corrected chi connectivity index (χ1v) is 10.3. The van der Waals surface area contributed by atoms with Crippen molar-refractivity contribution in [1.29, 1.82) is 0 Å². The Morgan fingerprint density at radius 2 is 2.06 bits per heavy atom. The first kappa shape index (κ1) is 20.9. The van der Waals surface area contributed by atoms with Crippen LogP contribution in [0.15, 0.2) is 49.1 Å². The van der Waals surface area contributed by atoms with E-state index in [1.54, 1.807) is 12.3 Å². The molecule has 0 saturated carbocycles. The van der Waals surface area contributed by atoms with Crippen LogP contribution in [-0.2, 0) is 13.1 Å². The number of benzene rings is 1. The normalized spacial score (nSPS) is 12.6. The number of pyridine rings is 1. The van der Waals surface area contributed by atoms with Crippen LogP contribution in [0, 0.1) is 0 Å². The highest BCUT2D eigenvalue weighted by atomic mass is 16.3. The maximum atomic E-state index is 10.3. The minimum Gasteiger partial charge on any atom is -0.506 e. The smallest absolute Gasteiger partial charge is 0.174 e. The average molecular weight is 422 g/mol. The topological polar surface area (TPSA) is 110 Å². The van der Waals surface area contributed by atoms with Crippen molar-refractivity contribution in [1.82, 2.24) is 45.0 Å². The Balaban J connectivity index is 1.59. The fraction of sp³-hybridized carbons (Fsp3) is 0.381. The zero-order valence-electron chi connectivity index (χ0n) is 17.8. The number of aromatic hydroxyl groups is 1. The Morgan fingerprint density at radius 3 is 2.87 bits per heavy atom. The first-order valence-electron chi connectivity index (χ1n) is 10.3. The number of hydrogen-bond donors (Lipinski definition) is 2. The SMILES string of the molecule is CN(C)CCn1nnnc1C(NCCCn1ccnc1)c1ccc2cccc(O)c2n1. The summed E-state index contributed by atoms with van der Waals surface area (Å²) in [6.45, 7) is 3.08. The quantitative estimate of drug-likeness (QED) is 0.370. The van der Waals surface area contributed by atoms with Gasteiger partial charge >= 0.3 is 0 Å². The average Bonchev–Trinajstić information content (AvgIpc) is 3.44. The van der Waals surface area contributed by atoms with Crippen molar-refractivity contribution in [2.45, 2.75) is 25.6 Å². The van der Waals surface area contributed by atoms with Gasteiger partial charge in [0.2, 0.25) is 0 Å². The van der Waals surface area contributed by atoms with Gasteiger partial charge in [-0.25, -0.2) is 14.6 Å². The molecule has 31 heavy (non-hydrogen) atoms. The van der Waals surface area contributed by atoms with E-state index in [0.29, 0.717) is 17.9 Å². The lowest BCUT2D eigenvalue weighted by Gasteiger charge is -2.19. The summed E-state index contributed by atoms with van der Waals surface area (Å²) in [5, 5.41) is 27.1. The lowest BCUT2D eigenvalue weighted by atomic mass is 10.1. The minimum atomic E-state index is -0.302. The van der Waals surface area contributed by atoms with Gasteiger partial charge in [-0.15, -0.1) is 5.10 Å². The lowest BCUT2D eigenvalue weighted by molar-refractivity contribution is 0.361. The number of rotatable bonds is 10. The Hall–Kier alpha value is -3.37. The molecule has 1 unspecified atom stereocenters. The van der Waals surface area contributed by atoms with Crippen LogP contribution in [0.3, 0.4) is 0 Å². The molecule has 0 aliphatic heterocycles. The van der Waals surface area contributed by atoms with Crippen LogP contribution in [0.25, 0.3) is 10.9 Å². The summed E-state index contributed by atoms with van der Waals surface area (Å²) in [4.78, 5) is 10.9. The predicted molar refractivity (Wildman–Crippen MR) is 116 cm³/mol. The summed E-state index contributed by atoms with van der Waals surface area (Å²) in [7, 11) is 4.03. The summed E-state index contributed by atoms with van der Waals surface area (Å²) < 4.78 is 3.86. The number of tetrazole rings is 1. The van der Waals surface area contributed by atoms with E-state index in [2.05, 4.69) is 30.7 Å². The summed E-state index contributed by atoms with van der Waals surface area (Å²) in [5.41, 5.74) is 1.33. The number of phenolic OH excluding ortho intramolecular Hbond substituents is 1. The van der Waals surface area contributed by atoms with E-state index < -0.39 is 0 Å². The number of aromatic nitrogens is 7. The standard InChI is InChI=1S/C21H27N9O/c1-28(2)13-14-30-21(25-26-27-30)20(23-9-4-11-29-12-10-22-15-29)17-8-7-16-5-3-6-18(31)19(16)24-17/h3,5-8,10,12,15,20,23,31H,4,9,11,13-14H2,1-2H3. The van der Waals surface area contributed by atoms with Crippen molar-refractivity contribution in [3.05, 3.63) is 60.6 Å². The largest absolute Gasteiger partial charge is 0.506 e. The van der Waals surface area contributed by atoms with Gasteiger partial charge in [-0.3, -0.25) is 0 Å². The molecule has 10 heteroatoms. The summed E-state index contributed by atoms with van der Waals surface area (Å²) >= 11 is 0. The number of para-hydroxylation sites is 1. The van der Waals surface area contributed by atoms with Crippen molar-refractivity contribution in [2.75, 3.05) is 27.2 Å². The molecule has 10 nitrogen and oxygen atoms in total. The molecule has 0 fully saturated rings. The first-order chi connectivity index (χ1) is 15.1. The number of aryl methyl sites for hydroxylation is 1. The summed E-state index contributed by atoms with van der Waals surface area (Å²) in [5.74, 6) is 0.858. The number of fused-ring (bicyclic) bond motifs is 1. The highest BCUT2D eigenvalue weighted by molar-refractivity contribution is 5.84. The molecule has 1 atom stereocenters. The third-order valence-corrected chi connectivity index (χ3v) is 5.09. The molecule has 0 saturated heterocycles. The number of nitrogens with zero attached hydrogens (tertiary/aromatic N) is 8. The molecule has 2 N–H and O–H groups in total. The van der Waals surface area contributed by atoms with E-state index in [0.717, 1.165) is 37.1 Å². The maximum absolute atomic E-state index is 10.3. The zero-order chi connectivity index (χ0) is 21.6. The Morgan fingerprint density at radius 1 is 1.16 bits per heavy atom. The Bertz CT molecular complexity index is 1110. The van der Waals surface area contributed by atoms with Crippen molar-refractivity contribution in [2.24, 2.45) is 0 Å². The van der Waals surface area contributed by atoms with E-state index in [-0.39, 0.29) is 11.8 Å². The lowest BCUT2D eigenvalue weighted by Crippen LogP contribution is -2.29. The van der Waals surface area contributed by atoms with Gasteiger partial charge in [-0.05, 0) is 49.6 Å². The molecule has 0 aliphatic rings. The molecule has 0 radical (unpaired) electrons. The Labute approximate surface area is 180 Å². The molecule has 0 amide bonds. The molecule has 162 valence electrons. The highest BCUT2D eigenvalue weighted by Gasteiger charge is 2.23. The molecule has 3 heterocycles. The van der Waals surface area contributed by atoms with E-state index in [1.807, 2.05) is 60.1 Å². The molecule has 3 aromatic heterocycles. The van der Waals surface area contributed by atoms with Crippen molar-refractivity contribution < 1.29 is 5.11 Å². The molecule has 4 aromatic rings. The number of likely N-dealkylation sites (N-methyl/N-ethyl adjacent to an activating group) is 1. The molecule has 4 rings (SSSR count). The summed E-state index contributed by atoms with van der Waals surface area (Å²) in [6.07, 6.45) is 6.45. The molecule has 0 aliphatic carbocycles. The van der Waals surface area contributed by atoms with Gasteiger partial charge in [0.05, 0.1) is 18.6 Å². The van der Waals surface area contributed by atoms with Crippen molar-refractivity contribution in [3.63, 3.8) is 0 Å². The zero-order valence-corrected chi connectivity index (χ0v) is 17.8. The predicted octanol–water partition coefficient (Wildman–Crippen LogP) is 1.45. The van der Waals surface area contributed by atoms with Gasteiger partial charge in [0.1, 0.15) is 17.3 Å². The fourth-order valence-corrected chi connectivity index (χ4v) is 3.43. The van der Waals surface area contributed by atoms with Gasteiger partial charge in [-0.1, -0.05) is 18.2 Å². The summed E-state index contributed by atoms with van der Waals surface area (Å²) in [6, 6.07) is 9.01. The van der Waals surface area contributed by atoms with Crippen molar-refractivity contribution in [3.8, 4) is 5.75 Å². The number of imidazole rings is 1. The van der Waals surface area contributed by atoms with Crippen LogP contribution < -0.4 is 5.32 Å². The third kappa shape index (κ3) is 5.04. The number of phenols is 1. The van der Waals surface area contributed by atoms with Crippen LogP contribution in [0.1, 0.15) is 24.0 Å². The van der Waals surface area contributed by atoms with Crippen LogP contribution >= 0.6 is 0 Å². The number of hydrogen-bond acceptors (Lipinski definition) is 8. The van der Waals surface area contributed by atoms with E-state index in [9.17, 15) is 5.11 Å². The second kappa shape index (κ2) is 9.63. The van der Waals surface area contributed by atoms with E-state index >= 15 is 0 Å². The van der Waals surface area contributed by atoms with E-state index in [1.165, 1.54) is 0 Å². The second-order valence-corrected chi connectivity index (χ2v) is 7.69. The van der Waals surface area contributed by atoms with Crippen LogP contribution in [0.2, 0.25) is 0 Å². The van der Waals surface area contributed by atoms with Crippen LogP contribution in [0.4, 0.5) is 0 Å². The fourth-order valence-electron chi connectivity index (χ4n) is 3.43. The Kier molecular flexibility index (Phi) is 6.48. The van der Waals surface area contributed by atoms with Gasteiger partial charge in [0.25, 0.3) is 0 Å². The molecule has 0 spiro atoms. The molecule has 0 bridgehead atoms. The van der Waals surface area contributed by atoms with Crippen LogP contribution in [-0.4, -0.2) is 71.9 Å². The van der Waals surface area contributed by atoms with Gasteiger partial charge in [0.15, 0.2) is 5.82 Å². The second-order valence-electron chi connectivity index (χ2n) is 7.69. The minimum absolute atomic E-state index is 0.158. The van der Waals surface area contributed by atoms with E-state index in [4.69, 9.17) is 4.98 Å². The third-order valence-electron chi connectivity index (χ3n) is 5.09.